The van der Waals surface area contributed by atoms with Crippen LogP contribution in [0.25, 0.3) is 0 Å². The molecule has 1 aromatic rings. The van der Waals surface area contributed by atoms with E-state index in [9.17, 15) is 9.90 Å². The van der Waals surface area contributed by atoms with Gasteiger partial charge in [0.15, 0.2) is 0 Å². The molecule has 1 amide bonds. The van der Waals surface area contributed by atoms with Gasteiger partial charge in [-0.3, -0.25) is 4.79 Å². The van der Waals surface area contributed by atoms with E-state index in [1.54, 1.807) is 0 Å². The topological polar surface area (TPSA) is 49.3 Å². The van der Waals surface area contributed by atoms with Gasteiger partial charge in [-0.15, -0.1) is 0 Å². The molecule has 4 heteroatoms. The highest BCUT2D eigenvalue weighted by molar-refractivity contribution is 9.10. The van der Waals surface area contributed by atoms with Crippen molar-refractivity contribution in [3.05, 3.63) is 33.8 Å². The highest BCUT2D eigenvalue weighted by Gasteiger charge is 2.23. The Morgan fingerprint density at radius 2 is 2.16 bits per heavy atom. The predicted octanol–water partition coefficient (Wildman–Crippen LogP) is 3.04. The van der Waals surface area contributed by atoms with Crippen molar-refractivity contribution in [1.29, 1.82) is 0 Å². The van der Waals surface area contributed by atoms with E-state index in [2.05, 4.69) is 21.2 Å². The average Bonchev–Trinajstić information content (AvgIpc) is 2.37. The van der Waals surface area contributed by atoms with E-state index in [-0.39, 0.29) is 17.9 Å². The standard InChI is InChI=1S/C15H20BrNO2/c1-10-6-7-12(13(16)8-10)15(19)17-9-11-4-2-3-5-14(11)18/h6-8,11,14,18H,2-5,9H2,1H3,(H,17,19). The van der Waals surface area contributed by atoms with Crippen LogP contribution in [0.15, 0.2) is 22.7 Å². The van der Waals surface area contributed by atoms with E-state index < -0.39 is 0 Å². The summed E-state index contributed by atoms with van der Waals surface area (Å²) in [5.41, 5.74) is 1.77. The molecule has 2 atom stereocenters. The van der Waals surface area contributed by atoms with E-state index >= 15 is 0 Å². The van der Waals surface area contributed by atoms with Crippen molar-refractivity contribution in [2.24, 2.45) is 5.92 Å². The highest BCUT2D eigenvalue weighted by Crippen LogP contribution is 2.24. The van der Waals surface area contributed by atoms with Crippen LogP contribution >= 0.6 is 15.9 Å². The molecule has 1 fully saturated rings. The first kappa shape index (κ1) is 14.5. The lowest BCUT2D eigenvalue weighted by atomic mass is 9.86. The lowest BCUT2D eigenvalue weighted by Crippen LogP contribution is -2.36. The van der Waals surface area contributed by atoms with Crippen molar-refractivity contribution in [3.63, 3.8) is 0 Å². The van der Waals surface area contributed by atoms with E-state index in [0.29, 0.717) is 12.1 Å². The van der Waals surface area contributed by atoms with Crippen molar-refractivity contribution in [1.82, 2.24) is 5.32 Å². The first-order valence-electron chi connectivity index (χ1n) is 6.80. The number of nitrogens with one attached hydrogen (secondary N) is 1. The predicted molar refractivity (Wildman–Crippen MR) is 79.2 cm³/mol. The van der Waals surface area contributed by atoms with Crippen LogP contribution in [0.5, 0.6) is 0 Å². The summed E-state index contributed by atoms with van der Waals surface area (Å²) in [6, 6.07) is 5.69. The Labute approximate surface area is 122 Å². The number of benzene rings is 1. The van der Waals surface area contributed by atoms with Gasteiger partial charge in [0, 0.05) is 16.9 Å². The van der Waals surface area contributed by atoms with Crippen molar-refractivity contribution < 1.29 is 9.90 Å². The van der Waals surface area contributed by atoms with Crippen LogP contribution in [-0.4, -0.2) is 23.7 Å². The zero-order valence-corrected chi connectivity index (χ0v) is 12.7. The number of aryl methyl sites for hydroxylation is 1. The Balaban J connectivity index is 1.93. The monoisotopic (exact) mass is 325 g/mol. The molecule has 1 aliphatic rings. The summed E-state index contributed by atoms with van der Waals surface area (Å²) in [6.07, 6.45) is 3.82. The van der Waals surface area contributed by atoms with Crippen LogP contribution in [0, 0.1) is 12.8 Å². The summed E-state index contributed by atoms with van der Waals surface area (Å²) >= 11 is 3.42. The second-order valence-electron chi connectivity index (χ2n) is 5.31. The molecule has 0 bridgehead atoms. The van der Waals surface area contributed by atoms with Crippen LogP contribution in [0.3, 0.4) is 0 Å². The molecular weight excluding hydrogens is 306 g/mol. The molecule has 0 spiro atoms. The lowest BCUT2D eigenvalue weighted by molar-refractivity contribution is 0.0662. The molecule has 0 aromatic heterocycles. The molecule has 3 nitrogen and oxygen atoms in total. The van der Waals surface area contributed by atoms with Gasteiger partial charge in [-0.2, -0.15) is 0 Å². The number of carbonyl (C=O) groups is 1. The number of halogens is 1. The first-order chi connectivity index (χ1) is 9.08. The van der Waals surface area contributed by atoms with Crippen LogP contribution in [-0.2, 0) is 0 Å². The molecular formula is C15H20BrNO2. The third-order valence-corrected chi connectivity index (χ3v) is 4.42. The van der Waals surface area contributed by atoms with Gasteiger partial charge in [-0.05, 0) is 53.4 Å². The maximum atomic E-state index is 12.1. The maximum absolute atomic E-state index is 12.1. The molecule has 104 valence electrons. The highest BCUT2D eigenvalue weighted by atomic mass is 79.9. The van der Waals surface area contributed by atoms with Crippen LogP contribution in [0.4, 0.5) is 0 Å². The summed E-state index contributed by atoms with van der Waals surface area (Å²) in [5, 5.41) is 12.8. The molecule has 0 saturated heterocycles. The van der Waals surface area contributed by atoms with Gasteiger partial charge in [-0.25, -0.2) is 0 Å². The molecule has 19 heavy (non-hydrogen) atoms. The van der Waals surface area contributed by atoms with Crippen molar-refractivity contribution in [2.45, 2.75) is 38.7 Å². The minimum Gasteiger partial charge on any atom is -0.393 e. The number of hydrogen-bond acceptors (Lipinski definition) is 2. The van der Waals surface area contributed by atoms with Gasteiger partial charge in [0.05, 0.1) is 11.7 Å². The molecule has 2 rings (SSSR count). The first-order valence-corrected chi connectivity index (χ1v) is 7.59. The Kier molecular flexibility index (Phi) is 4.99. The van der Waals surface area contributed by atoms with Gasteiger partial charge < -0.3 is 10.4 Å². The number of amides is 1. The molecule has 0 heterocycles. The van der Waals surface area contributed by atoms with Crippen LogP contribution < -0.4 is 5.32 Å². The number of carbonyl (C=O) groups excluding carboxylic acids is 1. The zero-order valence-electron chi connectivity index (χ0n) is 11.2. The lowest BCUT2D eigenvalue weighted by Gasteiger charge is -2.27. The van der Waals surface area contributed by atoms with Gasteiger partial charge in [0.25, 0.3) is 5.91 Å². The minimum absolute atomic E-state index is 0.0790. The Morgan fingerprint density at radius 3 is 2.84 bits per heavy atom. The summed E-state index contributed by atoms with van der Waals surface area (Å²) in [4.78, 5) is 12.1. The van der Waals surface area contributed by atoms with Crippen LogP contribution in [0.2, 0.25) is 0 Å². The van der Waals surface area contributed by atoms with E-state index in [0.717, 1.165) is 35.7 Å². The fourth-order valence-corrected chi connectivity index (χ4v) is 3.22. The van der Waals surface area contributed by atoms with Crippen molar-refractivity contribution in [3.8, 4) is 0 Å². The number of aliphatic hydroxyl groups excluding tert-OH is 1. The Morgan fingerprint density at radius 1 is 1.42 bits per heavy atom. The summed E-state index contributed by atoms with van der Waals surface area (Å²) in [5.74, 6) is 0.117. The average molecular weight is 326 g/mol. The molecule has 1 saturated carbocycles. The van der Waals surface area contributed by atoms with Crippen molar-refractivity contribution in [2.75, 3.05) is 6.54 Å². The fraction of sp³-hybridized carbons (Fsp3) is 0.533. The van der Waals surface area contributed by atoms with Gasteiger partial charge >= 0.3 is 0 Å². The third-order valence-electron chi connectivity index (χ3n) is 3.76. The zero-order chi connectivity index (χ0) is 13.8. The summed E-state index contributed by atoms with van der Waals surface area (Å²) < 4.78 is 0.814. The third kappa shape index (κ3) is 3.80. The van der Waals surface area contributed by atoms with Gasteiger partial charge in [-0.1, -0.05) is 18.9 Å². The maximum Gasteiger partial charge on any atom is 0.252 e. The van der Waals surface area contributed by atoms with E-state index in [4.69, 9.17) is 0 Å². The molecule has 1 aromatic carbocycles. The minimum atomic E-state index is -0.268. The van der Waals surface area contributed by atoms with Crippen LogP contribution in [0.1, 0.15) is 41.6 Å². The summed E-state index contributed by atoms with van der Waals surface area (Å²) in [6.45, 7) is 2.55. The van der Waals surface area contributed by atoms with E-state index in [1.807, 2.05) is 25.1 Å². The summed E-state index contributed by atoms with van der Waals surface area (Å²) in [7, 11) is 0. The Bertz CT molecular complexity index is 461. The van der Waals surface area contributed by atoms with Gasteiger partial charge in [0.1, 0.15) is 0 Å². The molecule has 0 radical (unpaired) electrons. The SMILES string of the molecule is Cc1ccc(C(=O)NCC2CCCCC2O)c(Br)c1. The molecule has 2 unspecified atom stereocenters. The number of hydrogen-bond donors (Lipinski definition) is 2. The fourth-order valence-electron chi connectivity index (χ4n) is 2.55. The number of rotatable bonds is 3. The molecule has 1 aliphatic carbocycles. The smallest absolute Gasteiger partial charge is 0.252 e. The number of aliphatic hydroxyl groups is 1. The normalized spacial score (nSPS) is 23.1. The second kappa shape index (κ2) is 6.53. The van der Waals surface area contributed by atoms with Crippen molar-refractivity contribution >= 4 is 21.8 Å². The molecule has 2 N–H and O–H groups in total. The Hall–Kier alpha value is -0.870. The quantitative estimate of drug-likeness (QED) is 0.897. The van der Waals surface area contributed by atoms with Gasteiger partial charge in [0.2, 0.25) is 0 Å². The molecule has 0 aliphatic heterocycles. The van der Waals surface area contributed by atoms with E-state index in [1.165, 1.54) is 0 Å². The largest absolute Gasteiger partial charge is 0.393 e. The second-order valence-corrected chi connectivity index (χ2v) is 6.16.